The smallest absolute Gasteiger partial charge is 0.262 e. The monoisotopic (exact) mass is 338 g/mol. The lowest BCUT2D eigenvalue weighted by Gasteiger charge is -2.11. The molecule has 0 atom stereocenters. The van der Waals surface area contributed by atoms with Crippen LogP contribution in [0.2, 0.25) is 0 Å². The number of carbonyl (C=O) groups is 2. The van der Waals surface area contributed by atoms with Gasteiger partial charge in [0.1, 0.15) is 5.75 Å². The molecule has 1 aliphatic carbocycles. The van der Waals surface area contributed by atoms with Gasteiger partial charge in [-0.15, -0.1) is 0 Å². The molecule has 2 aromatic carbocycles. The van der Waals surface area contributed by atoms with Crippen molar-refractivity contribution in [3.8, 4) is 5.75 Å². The summed E-state index contributed by atoms with van der Waals surface area (Å²) in [5, 5.41) is 5.66. The van der Waals surface area contributed by atoms with Crippen LogP contribution >= 0.6 is 0 Å². The number of benzene rings is 2. The second-order valence-corrected chi connectivity index (χ2v) is 6.45. The molecule has 5 nitrogen and oxygen atoms in total. The van der Waals surface area contributed by atoms with Crippen molar-refractivity contribution in [1.82, 2.24) is 0 Å². The molecule has 5 heteroatoms. The molecule has 2 N–H and O–H groups in total. The summed E-state index contributed by atoms with van der Waals surface area (Å²) in [4.78, 5) is 23.9. The van der Waals surface area contributed by atoms with Crippen LogP contribution < -0.4 is 15.4 Å². The fourth-order valence-electron chi connectivity index (χ4n) is 2.47. The molecule has 1 saturated carbocycles. The average molecular weight is 338 g/mol. The number of carbonyl (C=O) groups excluding carboxylic acids is 2. The van der Waals surface area contributed by atoms with Crippen LogP contribution in [0.3, 0.4) is 0 Å². The van der Waals surface area contributed by atoms with Gasteiger partial charge in [0.15, 0.2) is 6.61 Å². The molecule has 130 valence electrons. The maximum absolute atomic E-state index is 12.1. The highest BCUT2D eigenvalue weighted by Crippen LogP contribution is 2.30. The van der Waals surface area contributed by atoms with E-state index in [-0.39, 0.29) is 24.3 Å². The summed E-state index contributed by atoms with van der Waals surface area (Å²) in [6.45, 7) is 3.86. The van der Waals surface area contributed by atoms with Gasteiger partial charge >= 0.3 is 0 Å². The second-order valence-electron chi connectivity index (χ2n) is 6.45. The molecule has 3 rings (SSSR count). The summed E-state index contributed by atoms with van der Waals surface area (Å²) in [7, 11) is 0. The van der Waals surface area contributed by atoms with E-state index in [1.807, 2.05) is 38.1 Å². The Bertz CT molecular complexity index is 797. The number of hydrogen-bond donors (Lipinski definition) is 2. The highest BCUT2D eigenvalue weighted by atomic mass is 16.5. The van der Waals surface area contributed by atoms with E-state index < -0.39 is 0 Å². The number of nitrogens with one attached hydrogen (secondary N) is 2. The topological polar surface area (TPSA) is 67.4 Å². The number of rotatable bonds is 6. The lowest BCUT2D eigenvalue weighted by Crippen LogP contribution is -2.20. The van der Waals surface area contributed by atoms with Crippen molar-refractivity contribution in [2.45, 2.75) is 26.7 Å². The molecule has 0 aliphatic heterocycles. The average Bonchev–Trinajstić information content (AvgIpc) is 3.41. The summed E-state index contributed by atoms with van der Waals surface area (Å²) < 4.78 is 5.60. The minimum Gasteiger partial charge on any atom is -0.483 e. The van der Waals surface area contributed by atoms with E-state index in [4.69, 9.17) is 4.74 Å². The Hall–Kier alpha value is -2.82. The zero-order valence-corrected chi connectivity index (χ0v) is 14.5. The third-order valence-electron chi connectivity index (χ3n) is 4.06. The molecular weight excluding hydrogens is 316 g/mol. The number of anilines is 2. The van der Waals surface area contributed by atoms with E-state index in [2.05, 4.69) is 10.6 Å². The van der Waals surface area contributed by atoms with Crippen molar-refractivity contribution >= 4 is 23.2 Å². The standard InChI is InChI=1S/C20H22N2O3/c1-13-6-7-14(2)18(10-13)25-12-19(23)21-16-4-3-5-17(11-16)22-20(24)15-8-9-15/h3-7,10-11,15H,8-9,12H2,1-2H3,(H,21,23)(H,22,24). The first-order valence-electron chi connectivity index (χ1n) is 8.42. The van der Waals surface area contributed by atoms with E-state index in [1.165, 1.54) is 0 Å². The Morgan fingerprint density at radius 3 is 2.48 bits per heavy atom. The van der Waals surface area contributed by atoms with Gasteiger partial charge in [-0.1, -0.05) is 18.2 Å². The van der Waals surface area contributed by atoms with Crippen molar-refractivity contribution in [1.29, 1.82) is 0 Å². The minimum atomic E-state index is -0.244. The van der Waals surface area contributed by atoms with Crippen LogP contribution in [0, 0.1) is 19.8 Å². The number of ether oxygens (including phenoxy) is 1. The molecule has 1 fully saturated rings. The fraction of sp³-hybridized carbons (Fsp3) is 0.300. The first kappa shape index (κ1) is 17.0. The van der Waals surface area contributed by atoms with Crippen molar-refractivity contribution < 1.29 is 14.3 Å². The van der Waals surface area contributed by atoms with Crippen molar-refractivity contribution in [3.05, 3.63) is 53.6 Å². The highest BCUT2D eigenvalue weighted by Gasteiger charge is 2.29. The van der Waals surface area contributed by atoms with Crippen LogP contribution in [0.4, 0.5) is 11.4 Å². The van der Waals surface area contributed by atoms with Crippen LogP contribution in [0.25, 0.3) is 0 Å². The van der Waals surface area contributed by atoms with E-state index in [1.54, 1.807) is 18.2 Å². The molecule has 0 heterocycles. The summed E-state index contributed by atoms with van der Waals surface area (Å²) in [6, 6.07) is 13.0. The van der Waals surface area contributed by atoms with Crippen LogP contribution in [0.15, 0.2) is 42.5 Å². The lowest BCUT2D eigenvalue weighted by molar-refractivity contribution is -0.118. The maximum Gasteiger partial charge on any atom is 0.262 e. The van der Waals surface area contributed by atoms with Gasteiger partial charge in [0.25, 0.3) is 5.91 Å². The number of amides is 2. The van der Waals surface area contributed by atoms with E-state index in [0.717, 1.165) is 24.0 Å². The number of hydrogen-bond acceptors (Lipinski definition) is 3. The summed E-state index contributed by atoms with van der Waals surface area (Å²) in [6.07, 6.45) is 1.91. The second kappa shape index (κ2) is 7.38. The van der Waals surface area contributed by atoms with Gasteiger partial charge in [-0.3, -0.25) is 9.59 Å². The highest BCUT2D eigenvalue weighted by molar-refractivity contribution is 5.96. The molecule has 2 aromatic rings. The van der Waals surface area contributed by atoms with Crippen molar-refractivity contribution in [2.75, 3.05) is 17.2 Å². The summed E-state index contributed by atoms with van der Waals surface area (Å²) in [5.41, 5.74) is 3.39. The first-order valence-corrected chi connectivity index (χ1v) is 8.42. The lowest BCUT2D eigenvalue weighted by atomic mass is 10.1. The quantitative estimate of drug-likeness (QED) is 0.844. The largest absolute Gasteiger partial charge is 0.483 e. The van der Waals surface area contributed by atoms with Gasteiger partial charge in [0.05, 0.1) is 0 Å². The molecule has 0 unspecified atom stereocenters. The van der Waals surface area contributed by atoms with Crippen molar-refractivity contribution in [3.63, 3.8) is 0 Å². The minimum absolute atomic E-state index is 0.0433. The van der Waals surface area contributed by atoms with E-state index in [0.29, 0.717) is 17.1 Å². The summed E-state index contributed by atoms with van der Waals surface area (Å²) in [5.74, 6) is 0.651. The molecule has 0 aromatic heterocycles. The SMILES string of the molecule is Cc1ccc(C)c(OCC(=O)Nc2cccc(NC(=O)C3CC3)c2)c1. The molecule has 1 aliphatic rings. The van der Waals surface area contributed by atoms with Gasteiger partial charge in [-0.2, -0.15) is 0 Å². The summed E-state index contributed by atoms with van der Waals surface area (Å²) >= 11 is 0. The molecule has 2 amide bonds. The third-order valence-corrected chi connectivity index (χ3v) is 4.06. The number of aryl methyl sites for hydroxylation is 2. The predicted octanol–water partition coefficient (Wildman–Crippen LogP) is 3.67. The van der Waals surface area contributed by atoms with E-state index in [9.17, 15) is 9.59 Å². The molecule has 0 spiro atoms. The fourth-order valence-corrected chi connectivity index (χ4v) is 2.47. The molecule has 0 radical (unpaired) electrons. The Balaban J connectivity index is 1.55. The normalized spacial score (nSPS) is 13.2. The molecule has 0 saturated heterocycles. The van der Waals surface area contributed by atoms with Gasteiger partial charge in [-0.25, -0.2) is 0 Å². The predicted molar refractivity (Wildman–Crippen MR) is 97.8 cm³/mol. The van der Waals surface area contributed by atoms with Gasteiger partial charge in [0, 0.05) is 17.3 Å². The molecule has 25 heavy (non-hydrogen) atoms. The van der Waals surface area contributed by atoms with Crippen molar-refractivity contribution in [2.24, 2.45) is 5.92 Å². The zero-order valence-electron chi connectivity index (χ0n) is 14.5. The van der Waals surface area contributed by atoms with Gasteiger partial charge < -0.3 is 15.4 Å². The van der Waals surface area contributed by atoms with Crippen LogP contribution in [-0.4, -0.2) is 18.4 Å². The Morgan fingerprint density at radius 1 is 1.04 bits per heavy atom. The van der Waals surface area contributed by atoms with Crippen LogP contribution in [0.5, 0.6) is 5.75 Å². The Kier molecular flexibility index (Phi) is 5.03. The van der Waals surface area contributed by atoms with Crippen LogP contribution in [0.1, 0.15) is 24.0 Å². The maximum atomic E-state index is 12.1. The third kappa shape index (κ3) is 4.83. The van der Waals surface area contributed by atoms with Gasteiger partial charge in [0.2, 0.25) is 5.91 Å². The molecular formula is C20H22N2O3. The first-order chi connectivity index (χ1) is 12.0. The Labute approximate surface area is 147 Å². The Morgan fingerprint density at radius 2 is 1.76 bits per heavy atom. The molecule has 0 bridgehead atoms. The van der Waals surface area contributed by atoms with E-state index >= 15 is 0 Å². The van der Waals surface area contributed by atoms with Gasteiger partial charge in [-0.05, 0) is 62.1 Å². The zero-order chi connectivity index (χ0) is 17.8. The van der Waals surface area contributed by atoms with Crippen LogP contribution in [-0.2, 0) is 9.59 Å².